The van der Waals surface area contributed by atoms with Gasteiger partial charge in [-0.15, -0.1) is 0 Å². The molecule has 2 N–H and O–H groups in total. The zero-order chi connectivity index (χ0) is 13.0. The molecule has 0 radical (unpaired) electrons. The number of benzene rings is 1. The van der Waals surface area contributed by atoms with Crippen molar-refractivity contribution in [3.63, 3.8) is 0 Å². The number of likely N-dealkylation sites (N-methyl/N-ethyl adjacent to an activating group) is 1. The van der Waals surface area contributed by atoms with E-state index in [-0.39, 0.29) is 6.04 Å². The van der Waals surface area contributed by atoms with Gasteiger partial charge in [-0.2, -0.15) is 0 Å². The fourth-order valence-electron chi connectivity index (χ4n) is 2.52. The smallest absolute Gasteiger partial charge is 0.0702 e. The molecule has 18 heavy (non-hydrogen) atoms. The fraction of sp³-hybridized carbons (Fsp3) is 0.571. The zero-order valence-electron chi connectivity index (χ0n) is 10.8. The maximum Gasteiger partial charge on any atom is 0.0702 e. The van der Waals surface area contributed by atoms with E-state index in [9.17, 15) is 0 Å². The third kappa shape index (κ3) is 3.54. The molecule has 0 bridgehead atoms. The Bertz CT molecular complexity index is 380. The highest BCUT2D eigenvalue weighted by molar-refractivity contribution is 9.10. The molecule has 2 atom stereocenters. The Kier molecular flexibility index (Phi) is 5.18. The Morgan fingerprint density at radius 2 is 2.39 bits per heavy atom. The quantitative estimate of drug-likeness (QED) is 0.908. The van der Waals surface area contributed by atoms with Gasteiger partial charge in [0.05, 0.1) is 6.10 Å². The highest BCUT2D eigenvalue weighted by Crippen LogP contribution is 2.23. The molecule has 0 amide bonds. The first kappa shape index (κ1) is 14.0. The lowest BCUT2D eigenvalue weighted by Crippen LogP contribution is -2.36. The number of rotatable bonds is 5. The van der Waals surface area contributed by atoms with Gasteiger partial charge in [-0.05, 0) is 37.6 Å². The summed E-state index contributed by atoms with van der Waals surface area (Å²) in [5.74, 6) is 0. The predicted molar refractivity (Wildman–Crippen MR) is 77.5 cm³/mol. The molecule has 3 nitrogen and oxygen atoms in total. The molecule has 0 aliphatic carbocycles. The number of hydrogen-bond donors (Lipinski definition) is 1. The van der Waals surface area contributed by atoms with Crippen LogP contribution in [-0.2, 0) is 4.74 Å². The molecule has 1 saturated heterocycles. The number of hydrogen-bond acceptors (Lipinski definition) is 3. The highest BCUT2D eigenvalue weighted by atomic mass is 79.9. The maximum atomic E-state index is 5.93. The Hall–Kier alpha value is -0.420. The van der Waals surface area contributed by atoms with Crippen LogP contribution in [-0.4, -0.2) is 37.7 Å². The van der Waals surface area contributed by atoms with Crippen LogP contribution in [0.25, 0.3) is 0 Å². The Morgan fingerprint density at radius 3 is 3.00 bits per heavy atom. The topological polar surface area (TPSA) is 38.5 Å². The van der Waals surface area contributed by atoms with Crippen molar-refractivity contribution in [2.24, 2.45) is 5.73 Å². The van der Waals surface area contributed by atoms with Gasteiger partial charge in [0.25, 0.3) is 0 Å². The summed E-state index contributed by atoms with van der Waals surface area (Å²) in [6.45, 7) is 2.48. The Balaban J connectivity index is 2.02. The van der Waals surface area contributed by atoms with Crippen LogP contribution in [0.3, 0.4) is 0 Å². The second kappa shape index (κ2) is 6.66. The van der Waals surface area contributed by atoms with E-state index in [1.165, 1.54) is 18.4 Å². The van der Waals surface area contributed by atoms with Gasteiger partial charge in [0.2, 0.25) is 0 Å². The third-order valence-electron chi connectivity index (χ3n) is 3.50. The van der Waals surface area contributed by atoms with Crippen LogP contribution in [0.2, 0.25) is 0 Å². The van der Waals surface area contributed by atoms with Crippen molar-refractivity contribution >= 4 is 15.9 Å². The normalized spacial score (nSPS) is 21.4. The van der Waals surface area contributed by atoms with Crippen LogP contribution in [0, 0.1) is 0 Å². The molecular weight excluding hydrogens is 292 g/mol. The van der Waals surface area contributed by atoms with Gasteiger partial charge < -0.3 is 10.5 Å². The first-order valence-corrected chi connectivity index (χ1v) is 7.27. The molecule has 2 unspecified atom stereocenters. The largest absolute Gasteiger partial charge is 0.377 e. The van der Waals surface area contributed by atoms with E-state index in [1.807, 2.05) is 6.07 Å². The minimum atomic E-state index is 0.256. The fourth-order valence-corrected chi connectivity index (χ4v) is 2.94. The summed E-state index contributed by atoms with van der Waals surface area (Å²) in [5, 5.41) is 0. The first-order valence-electron chi connectivity index (χ1n) is 6.48. The van der Waals surface area contributed by atoms with Crippen LogP contribution < -0.4 is 5.73 Å². The summed E-state index contributed by atoms with van der Waals surface area (Å²) in [7, 11) is 2.13. The van der Waals surface area contributed by atoms with Gasteiger partial charge in [-0.1, -0.05) is 28.1 Å². The van der Waals surface area contributed by atoms with Crippen molar-refractivity contribution in [3.05, 3.63) is 34.3 Å². The van der Waals surface area contributed by atoms with Crippen molar-refractivity contribution < 1.29 is 4.74 Å². The zero-order valence-corrected chi connectivity index (χ0v) is 12.4. The van der Waals surface area contributed by atoms with Gasteiger partial charge in [0, 0.05) is 30.2 Å². The third-order valence-corrected chi connectivity index (χ3v) is 4.00. The molecule has 4 heteroatoms. The maximum absolute atomic E-state index is 5.93. The lowest BCUT2D eigenvalue weighted by Gasteiger charge is -2.29. The van der Waals surface area contributed by atoms with E-state index in [0.29, 0.717) is 12.6 Å². The summed E-state index contributed by atoms with van der Waals surface area (Å²) in [4.78, 5) is 2.30. The number of nitrogens with two attached hydrogens (primary N) is 1. The van der Waals surface area contributed by atoms with E-state index in [0.717, 1.165) is 17.6 Å². The summed E-state index contributed by atoms with van der Waals surface area (Å²) in [5.41, 5.74) is 7.19. The second-order valence-corrected chi connectivity index (χ2v) is 5.80. The summed E-state index contributed by atoms with van der Waals surface area (Å²) < 4.78 is 6.79. The molecule has 1 aliphatic rings. The van der Waals surface area contributed by atoms with Crippen LogP contribution in [0.5, 0.6) is 0 Å². The van der Waals surface area contributed by atoms with E-state index in [2.05, 4.69) is 46.1 Å². The lowest BCUT2D eigenvalue weighted by molar-refractivity contribution is 0.0689. The van der Waals surface area contributed by atoms with Crippen LogP contribution in [0.4, 0.5) is 0 Å². The van der Waals surface area contributed by atoms with Crippen molar-refractivity contribution in [1.82, 2.24) is 4.90 Å². The number of nitrogens with zero attached hydrogens (tertiary/aromatic N) is 1. The molecule has 100 valence electrons. The number of ether oxygens (including phenoxy) is 1. The summed E-state index contributed by atoms with van der Waals surface area (Å²) >= 11 is 3.51. The van der Waals surface area contributed by atoms with Gasteiger partial charge >= 0.3 is 0 Å². The van der Waals surface area contributed by atoms with E-state index >= 15 is 0 Å². The van der Waals surface area contributed by atoms with Gasteiger partial charge in [-0.25, -0.2) is 0 Å². The van der Waals surface area contributed by atoms with Crippen LogP contribution >= 0.6 is 15.9 Å². The average molecular weight is 313 g/mol. The van der Waals surface area contributed by atoms with Gasteiger partial charge in [0.1, 0.15) is 0 Å². The minimum Gasteiger partial charge on any atom is -0.377 e. The predicted octanol–water partition coefficient (Wildman–Crippen LogP) is 2.56. The van der Waals surface area contributed by atoms with E-state index in [1.54, 1.807) is 0 Å². The lowest BCUT2D eigenvalue weighted by atomic mass is 10.1. The first-order chi connectivity index (χ1) is 8.70. The van der Waals surface area contributed by atoms with Gasteiger partial charge in [0.15, 0.2) is 0 Å². The van der Waals surface area contributed by atoms with Crippen LogP contribution in [0.1, 0.15) is 24.4 Å². The van der Waals surface area contributed by atoms with Crippen molar-refractivity contribution in [2.75, 3.05) is 26.7 Å². The summed E-state index contributed by atoms with van der Waals surface area (Å²) in [6, 6.07) is 8.63. The van der Waals surface area contributed by atoms with Crippen molar-refractivity contribution in [2.45, 2.75) is 25.0 Å². The van der Waals surface area contributed by atoms with Crippen LogP contribution in [0.15, 0.2) is 28.7 Å². The van der Waals surface area contributed by atoms with Gasteiger partial charge in [-0.3, -0.25) is 4.90 Å². The van der Waals surface area contributed by atoms with E-state index < -0.39 is 0 Å². The summed E-state index contributed by atoms with van der Waals surface area (Å²) in [6.07, 6.45) is 2.72. The SMILES string of the molecule is CN(CC1CCCO1)C(CN)c1cccc(Br)c1. The molecule has 0 saturated carbocycles. The Morgan fingerprint density at radius 1 is 1.56 bits per heavy atom. The second-order valence-electron chi connectivity index (χ2n) is 4.88. The molecule has 1 aromatic carbocycles. The molecule has 0 aromatic heterocycles. The molecule has 1 aliphatic heterocycles. The Labute approximate surface area is 117 Å². The molecule has 0 spiro atoms. The monoisotopic (exact) mass is 312 g/mol. The molecule has 1 fully saturated rings. The van der Waals surface area contributed by atoms with E-state index in [4.69, 9.17) is 10.5 Å². The molecule has 1 aromatic rings. The van der Waals surface area contributed by atoms with Crippen molar-refractivity contribution in [3.8, 4) is 0 Å². The number of halogens is 1. The van der Waals surface area contributed by atoms with Crippen molar-refractivity contribution in [1.29, 1.82) is 0 Å². The molecular formula is C14H21BrN2O. The average Bonchev–Trinajstić information content (AvgIpc) is 2.83. The molecule has 2 rings (SSSR count). The molecule has 1 heterocycles. The minimum absolute atomic E-state index is 0.256. The highest BCUT2D eigenvalue weighted by Gasteiger charge is 2.22. The standard InChI is InChI=1S/C14H21BrN2O/c1-17(10-13-6-3-7-18-13)14(9-16)11-4-2-5-12(15)8-11/h2,4-5,8,13-14H,3,6-7,9-10,16H2,1H3.